The Hall–Kier alpha value is -2.60. The third-order valence-electron chi connectivity index (χ3n) is 4.55. The van der Waals surface area contributed by atoms with Gasteiger partial charge in [0.15, 0.2) is 10.0 Å². The van der Waals surface area contributed by atoms with Crippen LogP contribution in [0.1, 0.15) is 46.2 Å². The molecule has 2 heterocycles. The third-order valence-corrected chi connectivity index (χ3v) is 6.60. The van der Waals surface area contributed by atoms with Crippen LogP contribution in [0, 0.1) is 5.92 Å². The Bertz CT molecular complexity index is 1080. The maximum absolute atomic E-state index is 13.1. The average Bonchev–Trinajstić information content (AvgIpc) is 3.18. The first-order valence-electron chi connectivity index (χ1n) is 10.8. The van der Waals surface area contributed by atoms with Gasteiger partial charge in [-0.05, 0) is 19.3 Å². The van der Waals surface area contributed by atoms with Crippen LogP contribution in [-0.4, -0.2) is 45.3 Å². The second-order valence-electron chi connectivity index (χ2n) is 7.77. The van der Waals surface area contributed by atoms with Crippen molar-refractivity contribution < 1.29 is 14.3 Å². The minimum absolute atomic E-state index is 0.00330. The molecule has 0 unspecified atom stereocenters. The lowest BCUT2D eigenvalue weighted by Crippen LogP contribution is -2.42. The lowest BCUT2D eigenvalue weighted by molar-refractivity contribution is -0.142. The van der Waals surface area contributed by atoms with Gasteiger partial charge in [0.25, 0.3) is 5.56 Å². The average molecular weight is 498 g/mol. The van der Waals surface area contributed by atoms with Gasteiger partial charge in [-0.2, -0.15) is 0 Å². The van der Waals surface area contributed by atoms with E-state index < -0.39 is 11.2 Å². The van der Waals surface area contributed by atoms with Crippen LogP contribution in [0.25, 0.3) is 0 Å². The SMILES string of the molecule is CCCCN(C(=O)CSc1nc(CC(=O)OCC)cs1)c1c(N)n(CC(C)C)c(=O)[nH]c1=O. The Balaban J connectivity index is 2.23. The van der Waals surface area contributed by atoms with E-state index in [2.05, 4.69) is 9.97 Å². The van der Waals surface area contributed by atoms with E-state index in [1.807, 2.05) is 20.8 Å². The minimum atomic E-state index is -0.682. The first-order chi connectivity index (χ1) is 15.7. The van der Waals surface area contributed by atoms with Gasteiger partial charge in [-0.25, -0.2) is 9.78 Å². The maximum Gasteiger partial charge on any atom is 0.330 e. The molecule has 12 heteroatoms. The van der Waals surface area contributed by atoms with Crippen LogP contribution in [0.5, 0.6) is 0 Å². The van der Waals surface area contributed by atoms with Gasteiger partial charge in [-0.1, -0.05) is 39.0 Å². The lowest BCUT2D eigenvalue weighted by atomic mass is 10.2. The number of carbonyl (C=O) groups excluding carboxylic acids is 2. The Morgan fingerprint density at radius 2 is 2.06 bits per heavy atom. The molecule has 0 saturated heterocycles. The van der Waals surface area contributed by atoms with Gasteiger partial charge in [0, 0.05) is 18.5 Å². The van der Waals surface area contributed by atoms with Crippen molar-refractivity contribution >= 4 is 46.5 Å². The molecule has 2 aromatic heterocycles. The number of aromatic amines is 1. The lowest BCUT2D eigenvalue weighted by Gasteiger charge is -2.24. The van der Waals surface area contributed by atoms with E-state index in [0.29, 0.717) is 36.2 Å². The number of thiazole rings is 1. The number of hydrogen-bond donors (Lipinski definition) is 2. The molecule has 0 radical (unpaired) electrons. The Kier molecular flexibility index (Phi) is 10.2. The first kappa shape index (κ1) is 26.7. The number of nitrogens with one attached hydrogen (secondary N) is 1. The molecular weight excluding hydrogens is 466 g/mol. The van der Waals surface area contributed by atoms with Crippen LogP contribution in [-0.2, 0) is 27.3 Å². The minimum Gasteiger partial charge on any atom is -0.466 e. The second-order valence-corrected chi connectivity index (χ2v) is 9.85. The van der Waals surface area contributed by atoms with Crippen molar-refractivity contribution in [1.29, 1.82) is 0 Å². The van der Waals surface area contributed by atoms with Gasteiger partial charge in [0.2, 0.25) is 5.91 Å². The molecule has 0 aliphatic carbocycles. The monoisotopic (exact) mass is 497 g/mol. The van der Waals surface area contributed by atoms with Crippen molar-refractivity contribution in [3.05, 3.63) is 31.9 Å². The largest absolute Gasteiger partial charge is 0.466 e. The highest BCUT2D eigenvalue weighted by atomic mass is 32.2. The standard InChI is InChI=1S/C21H31N5O5S2/c1-5-7-8-25(17-18(22)26(10-13(3)4)20(30)24-19(17)29)15(27)12-33-21-23-14(11-32-21)9-16(28)31-6-2/h11,13H,5-10,12,22H2,1-4H3,(H,24,29,30). The van der Waals surface area contributed by atoms with Crippen molar-refractivity contribution in [3.8, 4) is 0 Å². The van der Waals surface area contributed by atoms with Gasteiger partial charge in [0.05, 0.1) is 24.5 Å². The summed E-state index contributed by atoms with van der Waals surface area (Å²) in [5.41, 5.74) is 5.52. The number of nitrogens with zero attached hydrogens (tertiary/aromatic N) is 3. The number of amides is 1. The number of ether oxygens (including phenoxy) is 1. The zero-order valence-electron chi connectivity index (χ0n) is 19.4. The van der Waals surface area contributed by atoms with E-state index in [4.69, 9.17) is 10.5 Å². The van der Waals surface area contributed by atoms with E-state index in [0.717, 1.165) is 6.42 Å². The molecule has 0 spiro atoms. The fraction of sp³-hybridized carbons (Fsp3) is 0.571. The van der Waals surface area contributed by atoms with Crippen LogP contribution < -0.4 is 21.9 Å². The number of nitrogens with two attached hydrogens (primary N) is 1. The first-order valence-corrected chi connectivity index (χ1v) is 12.7. The molecule has 0 aliphatic heterocycles. The Labute approximate surface area is 200 Å². The third kappa shape index (κ3) is 7.46. The van der Waals surface area contributed by atoms with E-state index in [1.54, 1.807) is 12.3 Å². The molecular formula is C21H31N5O5S2. The fourth-order valence-corrected chi connectivity index (χ4v) is 4.78. The predicted octanol–water partition coefficient (Wildman–Crippen LogP) is 2.26. The van der Waals surface area contributed by atoms with Gasteiger partial charge in [-0.15, -0.1) is 11.3 Å². The highest BCUT2D eigenvalue weighted by molar-refractivity contribution is 8.01. The van der Waals surface area contributed by atoms with Crippen LogP contribution in [0.2, 0.25) is 0 Å². The molecule has 33 heavy (non-hydrogen) atoms. The molecule has 182 valence electrons. The summed E-state index contributed by atoms with van der Waals surface area (Å²) in [6.07, 6.45) is 1.55. The number of rotatable bonds is 12. The number of nitrogen functional groups attached to an aromatic ring is 1. The van der Waals surface area contributed by atoms with E-state index in [9.17, 15) is 19.2 Å². The van der Waals surface area contributed by atoms with Crippen LogP contribution >= 0.6 is 23.1 Å². The topological polar surface area (TPSA) is 140 Å². The highest BCUT2D eigenvalue weighted by Gasteiger charge is 2.24. The summed E-state index contributed by atoms with van der Waals surface area (Å²) in [4.78, 5) is 57.7. The number of aromatic nitrogens is 3. The quantitative estimate of drug-likeness (QED) is 0.336. The van der Waals surface area contributed by atoms with Gasteiger partial charge < -0.3 is 15.4 Å². The summed E-state index contributed by atoms with van der Waals surface area (Å²) in [5.74, 6) is -0.543. The van der Waals surface area contributed by atoms with Crippen molar-refractivity contribution in [3.63, 3.8) is 0 Å². The highest BCUT2D eigenvalue weighted by Crippen LogP contribution is 2.25. The molecule has 0 fully saturated rings. The normalized spacial score (nSPS) is 11.1. The summed E-state index contributed by atoms with van der Waals surface area (Å²) >= 11 is 2.55. The van der Waals surface area contributed by atoms with Gasteiger partial charge >= 0.3 is 11.7 Å². The fourth-order valence-electron chi connectivity index (χ4n) is 3.06. The van der Waals surface area contributed by atoms with Gasteiger partial charge in [-0.3, -0.25) is 23.9 Å². The summed E-state index contributed by atoms with van der Waals surface area (Å²) in [6.45, 7) is 8.50. The predicted molar refractivity (Wildman–Crippen MR) is 131 cm³/mol. The summed E-state index contributed by atoms with van der Waals surface area (Å²) < 4.78 is 6.85. The van der Waals surface area contributed by atoms with Crippen molar-refractivity contribution in [2.24, 2.45) is 5.92 Å². The van der Waals surface area contributed by atoms with Crippen LogP contribution in [0.3, 0.4) is 0 Å². The number of hydrogen-bond acceptors (Lipinski definition) is 9. The molecule has 0 atom stereocenters. The zero-order chi connectivity index (χ0) is 24.5. The Morgan fingerprint density at radius 3 is 2.70 bits per heavy atom. The van der Waals surface area contributed by atoms with E-state index in [1.165, 1.54) is 32.6 Å². The Morgan fingerprint density at radius 1 is 1.33 bits per heavy atom. The molecule has 2 rings (SSSR count). The van der Waals surface area contributed by atoms with E-state index >= 15 is 0 Å². The molecule has 0 aromatic carbocycles. The number of carbonyl (C=O) groups is 2. The summed E-state index contributed by atoms with van der Waals surface area (Å²) in [7, 11) is 0. The van der Waals surface area contributed by atoms with Crippen molar-refractivity contribution in [2.75, 3.05) is 29.5 Å². The number of H-pyrrole nitrogens is 1. The van der Waals surface area contributed by atoms with Crippen LogP contribution in [0.4, 0.5) is 11.5 Å². The summed E-state index contributed by atoms with van der Waals surface area (Å²) in [5, 5.41) is 1.75. The van der Waals surface area contributed by atoms with Crippen molar-refractivity contribution in [1.82, 2.24) is 14.5 Å². The molecule has 10 nitrogen and oxygen atoms in total. The number of thioether (sulfide) groups is 1. The van der Waals surface area contributed by atoms with E-state index in [-0.39, 0.29) is 41.5 Å². The molecule has 2 aromatic rings. The van der Waals surface area contributed by atoms with Crippen molar-refractivity contribution in [2.45, 2.75) is 57.8 Å². The molecule has 0 aliphatic rings. The smallest absolute Gasteiger partial charge is 0.330 e. The molecule has 1 amide bonds. The molecule has 0 bridgehead atoms. The molecule has 0 saturated carbocycles. The van der Waals surface area contributed by atoms with Crippen LogP contribution in [0.15, 0.2) is 19.3 Å². The number of esters is 1. The number of anilines is 2. The maximum atomic E-state index is 13.1. The second kappa shape index (κ2) is 12.6. The zero-order valence-corrected chi connectivity index (χ0v) is 21.0. The summed E-state index contributed by atoms with van der Waals surface area (Å²) in [6, 6.07) is 0. The number of unbranched alkanes of at least 4 members (excludes halogenated alkanes) is 1. The molecule has 3 N–H and O–H groups in total. The van der Waals surface area contributed by atoms with Gasteiger partial charge in [0.1, 0.15) is 5.82 Å².